The normalized spacial score (nSPS) is 23.9. The second-order valence-corrected chi connectivity index (χ2v) is 5.43. The number of nitrogens with zero attached hydrogens (tertiary/aromatic N) is 2. The van der Waals surface area contributed by atoms with E-state index < -0.39 is 5.97 Å². The number of aromatic carboxylic acids is 1. The average Bonchev–Trinajstić information content (AvgIpc) is 2.83. The third kappa shape index (κ3) is 2.28. The van der Waals surface area contributed by atoms with Crippen molar-refractivity contribution in [2.75, 3.05) is 18.6 Å². The number of aromatic nitrogens is 1. The highest BCUT2D eigenvalue weighted by Crippen LogP contribution is 2.29. The summed E-state index contributed by atoms with van der Waals surface area (Å²) in [5.74, 6) is -0.964. The SMILES string of the molecule is Cc1sc(N(C)C2CCOC2C)nc1C(=O)O. The molecule has 6 heteroatoms. The summed E-state index contributed by atoms with van der Waals surface area (Å²) in [6, 6.07) is 0.280. The molecule has 2 unspecified atom stereocenters. The predicted octanol–water partition coefficient (Wildman–Crippen LogP) is 1.76. The number of hydrogen-bond acceptors (Lipinski definition) is 5. The zero-order chi connectivity index (χ0) is 12.6. The molecule has 1 aromatic rings. The summed E-state index contributed by atoms with van der Waals surface area (Å²) in [7, 11) is 1.94. The molecular weight excluding hydrogens is 240 g/mol. The average molecular weight is 256 g/mol. The minimum Gasteiger partial charge on any atom is -0.476 e. The van der Waals surface area contributed by atoms with Crippen molar-refractivity contribution in [2.45, 2.75) is 32.4 Å². The summed E-state index contributed by atoms with van der Waals surface area (Å²) in [4.78, 5) is 17.9. The highest BCUT2D eigenvalue weighted by Gasteiger charge is 2.30. The second kappa shape index (κ2) is 4.62. The first kappa shape index (κ1) is 12.3. The van der Waals surface area contributed by atoms with E-state index in [2.05, 4.69) is 4.98 Å². The van der Waals surface area contributed by atoms with Crippen LogP contribution < -0.4 is 4.90 Å². The molecule has 1 saturated heterocycles. The Kier molecular flexibility index (Phi) is 3.35. The summed E-state index contributed by atoms with van der Waals surface area (Å²) in [5, 5.41) is 9.73. The van der Waals surface area contributed by atoms with Crippen LogP contribution in [0.25, 0.3) is 0 Å². The standard InChI is InChI=1S/C11H16N2O3S/c1-6-8(4-5-16-6)13(3)11-12-9(10(14)15)7(2)17-11/h6,8H,4-5H2,1-3H3,(H,14,15). The number of aryl methyl sites for hydroxylation is 1. The maximum absolute atomic E-state index is 10.9. The van der Waals surface area contributed by atoms with Gasteiger partial charge in [-0.25, -0.2) is 9.78 Å². The molecule has 2 heterocycles. The van der Waals surface area contributed by atoms with E-state index in [1.54, 1.807) is 6.92 Å². The van der Waals surface area contributed by atoms with Crippen LogP contribution >= 0.6 is 11.3 Å². The molecular formula is C11H16N2O3S. The topological polar surface area (TPSA) is 62.7 Å². The molecule has 1 aliphatic heterocycles. The van der Waals surface area contributed by atoms with Gasteiger partial charge in [0, 0.05) is 18.5 Å². The maximum atomic E-state index is 10.9. The van der Waals surface area contributed by atoms with Crippen molar-refractivity contribution < 1.29 is 14.6 Å². The van der Waals surface area contributed by atoms with Gasteiger partial charge in [-0.3, -0.25) is 0 Å². The van der Waals surface area contributed by atoms with Gasteiger partial charge in [-0.15, -0.1) is 11.3 Å². The molecule has 1 aromatic heterocycles. The Balaban J connectivity index is 2.22. The Bertz CT molecular complexity index is 432. The van der Waals surface area contributed by atoms with Gasteiger partial charge in [0.2, 0.25) is 0 Å². The Morgan fingerprint density at radius 2 is 2.35 bits per heavy atom. The number of hydrogen-bond donors (Lipinski definition) is 1. The van der Waals surface area contributed by atoms with Gasteiger partial charge in [0.05, 0.1) is 12.1 Å². The lowest BCUT2D eigenvalue weighted by atomic mass is 10.1. The van der Waals surface area contributed by atoms with E-state index in [1.165, 1.54) is 11.3 Å². The van der Waals surface area contributed by atoms with Gasteiger partial charge in [-0.05, 0) is 20.3 Å². The summed E-state index contributed by atoms with van der Waals surface area (Å²) in [6.45, 7) is 4.58. The summed E-state index contributed by atoms with van der Waals surface area (Å²) in [5.41, 5.74) is 0.156. The highest BCUT2D eigenvalue weighted by molar-refractivity contribution is 7.15. The maximum Gasteiger partial charge on any atom is 0.355 e. The number of carboxylic acids is 1. The number of carboxylic acid groups (broad SMARTS) is 1. The van der Waals surface area contributed by atoms with E-state index in [-0.39, 0.29) is 17.8 Å². The zero-order valence-corrected chi connectivity index (χ0v) is 11.0. The molecule has 0 aromatic carbocycles. The quantitative estimate of drug-likeness (QED) is 0.893. The number of likely N-dealkylation sites (N-methyl/N-ethyl adjacent to an activating group) is 1. The lowest BCUT2D eigenvalue weighted by molar-refractivity contribution is 0.0690. The molecule has 17 heavy (non-hydrogen) atoms. The number of thiazole rings is 1. The Labute approximate surface area is 104 Å². The molecule has 1 aliphatic rings. The van der Waals surface area contributed by atoms with Crippen LogP contribution in [-0.4, -0.2) is 41.9 Å². The number of ether oxygens (including phenoxy) is 1. The lowest BCUT2D eigenvalue weighted by Gasteiger charge is -2.25. The number of rotatable bonds is 3. The molecule has 5 nitrogen and oxygen atoms in total. The molecule has 0 radical (unpaired) electrons. The van der Waals surface area contributed by atoms with Crippen LogP contribution in [-0.2, 0) is 4.74 Å². The highest BCUT2D eigenvalue weighted by atomic mass is 32.1. The number of anilines is 1. The minimum atomic E-state index is -0.964. The van der Waals surface area contributed by atoms with E-state index in [0.717, 1.165) is 23.0 Å². The van der Waals surface area contributed by atoms with Crippen LogP contribution in [0.5, 0.6) is 0 Å². The summed E-state index contributed by atoms with van der Waals surface area (Å²) in [6.07, 6.45) is 1.12. The first-order chi connectivity index (χ1) is 8.00. The van der Waals surface area contributed by atoms with Gasteiger partial charge in [-0.1, -0.05) is 0 Å². The van der Waals surface area contributed by atoms with Crippen LogP contribution in [0.2, 0.25) is 0 Å². The third-order valence-electron chi connectivity index (χ3n) is 3.12. The molecule has 94 valence electrons. The van der Waals surface area contributed by atoms with Gasteiger partial charge in [0.25, 0.3) is 0 Å². The fraction of sp³-hybridized carbons (Fsp3) is 0.636. The summed E-state index contributed by atoms with van der Waals surface area (Å²) < 4.78 is 5.51. The molecule has 0 spiro atoms. The Morgan fingerprint density at radius 3 is 2.82 bits per heavy atom. The van der Waals surface area contributed by atoms with Crippen molar-refractivity contribution in [2.24, 2.45) is 0 Å². The van der Waals surface area contributed by atoms with E-state index in [9.17, 15) is 4.79 Å². The number of carbonyl (C=O) groups is 1. The molecule has 0 saturated carbocycles. The van der Waals surface area contributed by atoms with Crippen molar-refractivity contribution in [3.05, 3.63) is 10.6 Å². The molecule has 0 bridgehead atoms. The molecule has 1 N–H and O–H groups in total. The largest absolute Gasteiger partial charge is 0.476 e. The summed E-state index contributed by atoms with van der Waals surface area (Å²) >= 11 is 1.42. The fourth-order valence-electron chi connectivity index (χ4n) is 2.10. The lowest BCUT2D eigenvalue weighted by Crippen LogP contribution is -2.36. The van der Waals surface area contributed by atoms with Gasteiger partial charge in [-0.2, -0.15) is 0 Å². The first-order valence-electron chi connectivity index (χ1n) is 5.56. The van der Waals surface area contributed by atoms with Crippen molar-refractivity contribution in [1.82, 2.24) is 4.98 Å². The van der Waals surface area contributed by atoms with Crippen molar-refractivity contribution >= 4 is 22.4 Å². The van der Waals surface area contributed by atoms with Gasteiger partial charge >= 0.3 is 5.97 Å². The first-order valence-corrected chi connectivity index (χ1v) is 6.37. The molecule has 0 amide bonds. The molecule has 2 atom stereocenters. The smallest absolute Gasteiger partial charge is 0.355 e. The van der Waals surface area contributed by atoms with Crippen LogP contribution in [0.3, 0.4) is 0 Å². The van der Waals surface area contributed by atoms with Crippen LogP contribution in [0.1, 0.15) is 28.7 Å². The molecule has 0 aliphatic carbocycles. The predicted molar refractivity (Wildman–Crippen MR) is 66.0 cm³/mol. The Morgan fingerprint density at radius 1 is 1.65 bits per heavy atom. The minimum absolute atomic E-state index is 0.156. The molecule has 2 rings (SSSR count). The van der Waals surface area contributed by atoms with E-state index in [0.29, 0.717) is 0 Å². The van der Waals surface area contributed by atoms with Crippen molar-refractivity contribution in [1.29, 1.82) is 0 Å². The second-order valence-electron chi connectivity index (χ2n) is 4.25. The van der Waals surface area contributed by atoms with E-state index in [1.807, 2.05) is 18.9 Å². The fourth-order valence-corrected chi connectivity index (χ4v) is 3.02. The van der Waals surface area contributed by atoms with Gasteiger partial charge < -0.3 is 14.7 Å². The van der Waals surface area contributed by atoms with Crippen LogP contribution in [0.15, 0.2) is 0 Å². The van der Waals surface area contributed by atoms with Gasteiger partial charge in [0.15, 0.2) is 10.8 Å². The van der Waals surface area contributed by atoms with Crippen LogP contribution in [0, 0.1) is 6.92 Å². The van der Waals surface area contributed by atoms with Gasteiger partial charge in [0.1, 0.15) is 0 Å². The zero-order valence-electron chi connectivity index (χ0n) is 10.1. The third-order valence-corrected chi connectivity index (χ3v) is 4.18. The van der Waals surface area contributed by atoms with E-state index in [4.69, 9.17) is 9.84 Å². The van der Waals surface area contributed by atoms with Crippen molar-refractivity contribution in [3.8, 4) is 0 Å². The Hall–Kier alpha value is -1.14. The molecule has 1 fully saturated rings. The van der Waals surface area contributed by atoms with Crippen molar-refractivity contribution in [3.63, 3.8) is 0 Å². The van der Waals surface area contributed by atoms with E-state index >= 15 is 0 Å². The van der Waals surface area contributed by atoms with Crippen LogP contribution in [0.4, 0.5) is 5.13 Å². The monoisotopic (exact) mass is 256 g/mol.